The summed E-state index contributed by atoms with van der Waals surface area (Å²) >= 11 is 3.12. The molecule has 1 aromatic carbocycles. The first kappa shape index (κ1) is 22.8. The lowest BCUT2D eigenvalue weighted by atomic mass is 9.89. The van der Waals surface area contributed by atoms with Crippen molar-refractivity contribution in [3.8, 4) is 5.69 Å². The third kappa shape index (κ3) is 4.16. The Labute approximate surface area is 206 Å². The van der Waals surface area contributed by atoms with Crippen molar-refractivity contribution in [1.82, 2.24) is 24.5 Å². The van der Waals surface area contributed by atoms with Crippen molar-refractivity contribution in [1.29, 1.82) is 0 Å². The first-order valence-electron chi connectivity index (χ1n) is 11.3. The van der Waals surface area contributed by atoms with E-state index in [1.165, 1.54) is 22.2 Å². The van der Waals surface area contributed by atoms with Gasteiger partial charge >= 0.3 is 0 Å². The van der Waals surface area contributed by atoms with Crippen LogP contribution in [0.25, 0.3) is 15.9 Å². The SMILES string of the molecule is CC1CCc2c(sc3nc(SC(C)c4nc(N)nc(N(C)C)n4)n(-c4ccccc4)c(=O)c23)C1. The molecule has 0 amide bonds. The summed E-state index contributed by atoms with van der Waals surface area (Å²) in [6.45, 7) is 4.26. The van der Waals surface area contributed by atoms with Crippen LogP contribution < -0.4 is 16.2 Å². The number of thiophene rings is 1. The van der Waals surface area contributed by atoms with E-state index in [0.717, 1.165) is 35.2 Å². The number of hydrogen-bond donors (Lipinski definition) is 1. The Morgan fingerprint density at radius 2 is 1.94 bits per heavy atom. The number of nitrogen functional groups attached to an aromatic ring is 1. The van der Waals surface area contributed by atoms with Crippen molar-refractivity contribution in [2.45, 2.75) is 43.5 Å². The van der Waals surface area contributed by atoms with Crippen molar-refractivity contribution in [2.24, 2.45) is 5.92 Å². The van der Waals surface area contributed by atoms with Gasteiger partial charge < -0.3 is 10.6 Å². The first-order valence-corrected chi connectivity index (χ1v) is 13.0. The second-order valence-electron chi connectivity index (χ2n) is 8.91. The lowest BCUT2D eigenvalue weighted by molar-refractivity contribution is 0.509. The Hall–Kier alpha value is -2.98. The monoisotopic (exact) mass is 493 g/mol. The minimum Gasteiger partial charge on any atom is -0.368 e. The quantitative estimate of drug-likeness (QED) is 0.325. The normalized spacial score (nSPS) is 16.4. The standard InChI is InChI=1S/C24H27N7OS2/c1-13-10-11-16-17(12-13)34-20-18(16)21(32)31(15-8-6-5-7-9-15)24(28-20)33-14(2)19-26-22(25)29-23(27-19)30(3)4/h5-9,13-14H,10-12H2,1-4H3,(H2,25,26,27,29). The van der Waals surface area contributed by atoms with Gasteiger partial charge in [0.25, 0.3) is 5.56 Å². The fraction of sp³-hybridized carbons (Fsp3) is 0.375. The molecule has 34 heavy (non-hydrogen) atoms. The number of aromatic nitrogens is 5. The summed E-state index contributed by atoms with van der Waals surface area (Å²) in [5, 5.41) is 1.19. The zero-order valence-electron chi connectivity index (χ0n) is 19.6. The van der Waals surface area contributed by atoms with E-state index in [4.69, 9.17) is 10.7 Å². The molecule has 10 heteroatoms. The van der Waals surface area contributed by atoms with E-state index in [0.29, 0.717) is 22.8 Å². The molecule has 1 aliphatic rings. The molecule has 0 radical (unpaired) electrons. The molecular weight excluding hydrogens is 466 g/mol. The Balaban J connectivity index is 1.65. The van der Waals surface area contributed by atoms with E-state index in [2.05, 4.69) is 21.9 Å². The van der Waals surface area contributed by atoms with Gasteiger partial charge in [0.05, 0.1) is 16.3 Å². The largest absolute Gasteiger partial charge is 0.368 e. The number of fused-ring (bicyclic) bond motifs is 3. The fourth-order valence-electron chi connectivity index (χ4n) is 4.24. The Morgan fingerprint density at radius 3 is 2.68 bits per heavy atom. The smallest absolute Gasteiger partial charge is 0.267 e. The molecule has 3 aromatic heterocycles. The molecule has 4 aromatic rings. The van der Waals surface area contributed by atoms with E-state index < -0.39 is 0 Å². The second-order valence-corrected chi connectivity index (χ2v) is 11.3. The fourth-order valence-corrected chi connectivity index (χ4v) is 6.64. The molecule has 2 unspecified atom stereocenters. The van der Waals surface area contributed by atoms with E-state index in [9.17, 15) is 4.79 Å². The second kappa shape index (κ2) is 8.99. The molecule has 8 nitrogen and oxygen atoms in total. The number of aryl methyl sites for hydroxylation is 1. The summed E-state index contributed by atoms with van der Waals surface area (Å²) < 4.78 is 1.73. The third-order valence-corrected chi connectivity index (χ3v) is 8.21. The highest BCUT2D eigenvalue weighted by Crippen LogP contribution is 2.39. The molecule has 0 bridgehead atoms. The lowest BCUT2D eigenvalue weighted by Crippen LogP contribution is -2.23. The molecule has 176 valence electrons. The van der Waals surface area contributed by atoms with Gasteiger partial charge in [0.1, 0.15) is 10.7 Å². The summed E-state index contributed by atoms with van der Waals surface area (Å²) in [6, 6.07) is 9.70. The van der Waals surface area contributed by atoms with Gasteiger partial charge in [0, 0.05) is 19.0 Å². The average molecular weight is 494 g/mol. The Kier molecular flexibility index (Phi) is 6.03. The lowest BCUT2D eigenvalue weighted by Gasteiger charge is -2.18. The topological polar surface area (TPSA) is 103 Å². The molecule has 0 saturated carbocycles. The van der Waals surface area contributed by atoms with Crippen LogP contribution in [0.5, 0.6) is 0 Å². The highest BCUT2D eigenvalue weighted by molar-refractivity contribution is 7.99. The van der Waals surface area contributed by atoms with E-state index in [-0.39, 0.29) is 16.8 Å². The number of rotatable bonds is 5. The van der Waals surface area contributed by atoms with E-state index >= 15 is 0 Å². The van der Waals surface area contributed by atoms with Gasteiger partial charge in [-0.25, -0.2) is 4.98 Å². The van der Waals surface area contributed by atoms with Crippen LogP contribution in [-0.2, 0) is 12.8 Å². The summed E-state index contributed by atoms with van der Waals surface area (Å²) in [6.07, 6.45) is 3.05. The number of thioether (sulfide) groups is 1. The number of nitrogens with zero attached hydrogens (tertiary/aromatic N) is 6. The first-order chi connectivity index (χ1) is 16.3. The highest BCUT2D eigenvalue weighted by Gasteiger charge is 2.26. The predicted molar refractivity (Wildman–Crippen MR) is 139 cm³/mol. The molecule has 0 fully saturated rings. The summed E-state index contributed by atoms with van der Waals surface area (Å²) in [5.74, 6) is 1.85. The summed E-state index contributed by atoms with van der Waals surface area (Å²) in [4.78, 5) is 36.0. The van der Waals surface area contributed by atoms with Crippen LogP contribution in [0.4, 0.5) is 11.9 Å². The zero-order valence-corrected chi connectivity index (χ0v) is 21.3. The van der Waals surface area contributed by atoms with Gasteiger partial charge in [-0.05, 0) is 49.8 Å². The van der Waals surface area contributed by atoms with Gasteiger partial charge in [-0.1, -0.05) is 36.9 Å². The van der Waals surface area contributed by atoms with E-state index in [1.54, 1.807) is 20.8 Å². The van der Waals surface area contributed by atoms with Crippen molar-refractivity contribution < 1.29 is 0 Å². The van der Waals surface area contributed by atoms with Crippen LogP contribution >= 0.6 is 23.1 Å². The van der Waals surface area contributed by atoms with Gasteiger partial charge in [-0.15, -0.1) is 11.3 Å². The number of para-hydroxylation sites is 1. The minimum atomic E-state index is -0.196. The predicted octanol–water partition coefficient (Wildman–Crippen LogP) is 4.26. The molecule has 5 rings (SSSR count). The number of hydrogen-bond acceptors (Lipinski definition) is 9. The maximum absolute atomic E-state index is 13.9. The van der Waals surface area contributed by atoms with Crippen LogP contribution in [-0.4, -0.2) is 38.6 Å². The molecule has 2 atom stereocenters. The molecule has 1 aliphatic carbocycles. The molecular formula is C24H27N7OS2. The van der Waals surface area contributed by atoms with Gasteiger partial charge in [0.15, 0.2) is 5.16 Å². The Morgan fingerprint density at radius 1 is 1.18 bits per heavy atom. The van der Waals surface area contributed by atoms with Gasteiger partial charge in [0.2, 0.25) is 11.9 Å². The summed E-state index contributed by atoms with van der Waals surface area (Å²) in [5.41, 5.74) is 7.92. The van der Waals surface area contributed by atoms with Crippen molar-refractivity contribution in [3.63, 3.8) is 0 Å². The molecule has 0 saturated heterocycles. The van der Waals surface area contributed by atoms with Crippen molar-refractivity contribution in [3.05, 3.63) is 57.0 Å². The molecule has 3 heterocycles. The zero-order chi connectivity index (χ0) is 24.0. The molecule has 2 N–H and O–H groups in total. The molecule has 0 spiro atoms. The van der Waals surface area contributed by atoms with E-state index in [1.807, 2.05) is 51.4 Å². The average Bonchev–Trinajstić information content (AvgIpc) is 3.16. The number of benzene rings is 1. The maximum Gasteiger partial charge on any atom is 0.267 e. The summed E-state index contributed by atoms with van der Waals surface area (Å²) in [7, 11) is 3.72. The third-order valence-electron chi connectivity index (χ3n) is 6.02. The Bertz CT molecular complexity index is 1410. The van der Waals surface area contributed by atoms with Crippen molar-refractivity contribution >= 4 is 45.2 Å². The van der Waals surface area contributed by atoms with Crippen LogP contribution in [0, 0.1) is 5.92 Å². The van der Waals surface area contributed by atoms with Gasteiger partial charge in [-0.2, -0.15) is 15.0 Å². The van der Waals surface area contributed by atoms with Gasteiger partial charge in [-0.3, -0.25) is 9.36 Å². The maximum atomic E-state index is 13.9. The van der Waals surface area contributed by atoms with Crippen LogP contribution in [0.15, 0.2) is 40.3 Å². The van der Waals surface area contributed by atoms with Crippen LogP contribution in [0.3, 0.4) is 0 Å². The highest BCUT2D eigenvalue weighted by atomic mass is 32.2. The van der Waals surface area contributed by atoms with Crippen molar-refractivity contribution in [2.75, 3.05) is 24.7 Å². The molecule has 0 aliphatic heterocycles. The minimum absolute atomic E-state index is 0.0119. The van der Waals surface area contributed by atoms with Crippen LogP contribution in [0.2, 0.25) is 0 Å². The number of anilines is 2. The van der Waals surface area contributed by atoms with Crippen LogP contribution in [0.1, 0.15) is 41.8 Å². The number of nitrogens with two attached hydrogens (primary N) is 1.